The van der Waals surface area contributed by atoms with E-state index in [0.717, 1.165) is 18.7 Å². The molecular weight excluding hydrogens is 262 g/mol. The van der Waals surface area contributed by atoms with Crippen LogP contribution in [0.25, 0.3) is 0 Å². The fraction of sp³-hybridized carbons (Fsp3) is 0.500. The topological polar surface area (TPSA) is 61.8 Å². The van der Waals surface area contributed by atoms with Gasteiger partial charge in [0, 0.05) is 23.8 Å². The second-order valence-corrected chi connectivity index (χ2v) is 5.31. The van der Waals surface area contributed by atoms with Crippen LogP contribution in [0, 0.1) is 0 Å². The number of rotatable bonds is 3. The molecule has 1 aliphatic heterocycles. The van der Waals surface area contributed by atoms with Crippen LogP contribution >= 0.6 is 11.6 Å². The Morgan fingerprint density at radius 3 is 2.95 bits per heavy atom. The number of oxime groups is 1. The molecule has 1 atom stereocenters. The molecule has 1 unspecified atom stereocenters. The highest BCUT2D eigenvalue weighted by Gasteiger charge is 2.21. The van der Waals surface area contributed by atoms with Gasteiger partial charge >= 0.3 is 0 Å². The molecule has 0 radical (unpaired) electrons. The van der Waals surface area contributed by atoms with Gasteiger partial charge in [0.05, 0.1) is 5.02 Å². The standard InChI is InChI=1S/C14H20ClN3O/c1-2-10-5-3-4-8-18(10)11-6-7-12(13(15)9-11)14(16)17-19/h6-7,9-10,19H,2-5,8H2,1H3,(H2,16,17). The molecule has 3 N–H and O–H groups in total. The van der Waals surface area contributed by atoms with Crippen LogP contribution in [-0.2, 0) is 0 Å². The summed E-state index contributed by atoms with van der Waals surface area (Å²) in [5.41, 5.74) is 7.26. The number of hydrogen-bond donors (Lipinski definition) is 2. The van der Waals surface area contributed by atoms with Crippen LogP contribution in [0.3, 0.4) is 0 Å². The highest BCUT2D eigenvalue weighted by Crippen LogP contribution is 2.29. The normalized spacial score (nSPS) is 20.6. The second kappa shape index (κ2) is 6.15. The molecule has 4 nitrogen and oxygen atoms in total. The number of benzene rings is 1. The molecule has 0 bridgehead atoms. The molecule has 0 aliphatic carbocycles. The zero-order valence-corrected chi connectivity index (χ0v) is 11.9. The van der Waals surface area contributed by atoms with Crippen LogP contribution in [0.1, 0.15) is 38.2 Å². The summed E-state index contributed by atoms with van der Waals surface area (Å²) >= 11 is 6.21. The summed E-state index contributed by atoms with van der Waals surface area (Å²) in [6.45, 7) is 3.28. The Bertz CT molecular complexity index is 476. The number of halogens is 1. The third-order valence-electron chi connectivity index (χ3n) is 3.77. The van der Waals surface area contributed by atoms with Gasteiger partial charge < -0.3 is 15.8 Å². The molecule has 0 aromatic heterocycles. The quantitative estimate of drug-likeness (QED) is 0.387. The number of anilines is 1. The van der Waals surface area contributed by atoms with Gasteiger partial charge in [-0.25, -0.2) is 0 Å². The maximum Gasteiger partial charge on any atom is 0.171 e. The van der Waals surface area contributed by atoms with E-state index < -0.39 is 0 Å². The molecule has 19 heavy (non-hydrogen) atoms. The highest BCUT2D eigenvalue weighted by molar-refractivity contribution is 6.34. The van der Waals surface area contributed by atoms with E-state index in [4.69, 9.17) is 22.5 Å². The second-order valence-electron chi connectivity index (χ2n) is 4.90. The first-order valence-corrected chi connectivity index (χ1v) is 7.09. The first-order chi connectivity index (χ1) is 9.17. The third-order valence-corrected chi connectivity index (χ3v) is 4.08. The lowest BCUT2D eigenvalue weighted by Gasteiger charge is -2.37. The van der Waals surface area contributed by atoms with Crippen LogP contribution in [0.15, 0.2) is 23.4 Å². The average molecular weight is 282 g/mol. The number of piperidine rings is 1. The van der Waals surface area contributed by atoms with Gasteiger partial charge in [-0.2, -0.15) is 0 Å². The fourth-order valence-corrected chi connectivity index (χ4v) is 2.98. The van der Waals surface area contributed by atoms with Gasteiger partial charge in [-0.1, -0.05) is 23.7 Å². The van der Waals surface area contributed by atoms with Crippen molar-refractivity contribution in [2.24, 2.45) is 10.9 Å². The Hall–Kier alpha value is -1.42. The van der Waals surface area contributed by atoms with Crippen LogP contribution in [-0.4, -0.2) is 23.6 Å². The molecule has 1 aromatic rings. The van der Waals surface area contributed by atoms with Crippen molar-refractivity contribution in [3.63, 3.8) is 0 Å². The maximum atomic E-state index is 8.70. The summed E-state index contributed by atoms with van der Waals surface area (Å²) in [4.78, 5) is 2.41. The molecule has 0 amide bonds. The average Bonchev–Trinajstić information content (AvgIpc) is 2.46. The Kier molecular flexibility index (Phi) is 4.53. The molecule has 1 aliphatic rings. The summed E-state index contributed by atoms with van der Waals surface area (Å²) in [5.74, 6) is 0.0437. The van der Waals surface area contributed by atoms with Gasteiger partial charge in [-0.05, 0) is 43.9 Å². The van der Waals surface area contributed by atoms with Gasteiger partial charge in [0.15, 0.2) is 5.84 Å². The highest BCUT2D eigenvalue weighted by atomic mass is 35.5. The van der Waals surface area contributed by atoms with Gasteiger partial charge in [0.25, 0.3) is 0 Å². The van der Waals surface area contributed by atoms with Crippen LogP contribution < -0.4 is 10.6 Å². The first kappa shape index (κ1) is 14.0. The molecule has 2 rings (SSSR count). The summed E-state index contributed by atoms with van der Waals surface area (Å²) in [6.07, 6.45) is 4.89. The van der Waals surface area contributed by atoms with Gasteiger partial charge in [0.1, 0.15) is 0 Å². The lowest BCUT2D eigenvalue weighted by Crippen LogP contribution is -2.39. The third kappa shape index (κ3) is 2.95. The smallest absolute Gasteiger partial charge is 0.171 e. The summed E-state index contributed by atoms with van der Waals surface area (Å²) in [6, 6.07) is 6.30. The number of nitrogens with zero attached hydrogens (tertiary/aromatic N) is 2. The maximum absolute atomic E-state index is 8.70. The Balaban J connectivity index is 2.28. The molecule has 1 aromatic carbocycles. The minimum Gasteiger partial charge on any atom is -0.409 e. The van der Waals surface area contributed by atoms with E-state index in [-0.39, 0.29) is 5.84 Å². The van der Waals surface area contributed by atoms with Crippen molar-refractivity contribution in [2.75, 3.05) is 11.4 Å². The van der Waals surface area contributed by atoms with E-state index in [0.29, 0.717) is 16.6 Å². The molecule has 1 heterocycles. The zero-order chi connectivity index (χ0) is 13.8. The fourth-order valence-electron chi connectivity index (χ4n) is 2.71. The number of nitrogens with two attached hydrogens (primary N) is 1. The van der Waals surface area contributed by atoms with Crippen molar-refractivity contribution >= 4 is 23.1 Å². The molecule has 0 saturated carbocycles. The van der Waals surface area contributed by atoms with Crippen molar-refractivity contribution in [3.8, 4) is 0 Å². The van der Waals surface area contributed by atoms with E-state index >= 15 is 0 Å². The number of hydrogen-bond acceptors (Lipinski definition) is 3. The van der Waals surface area contributed by atoms with Gasteiger partial charge in [0.2, 0.25) is 0 Å². The van der Waals surface area contributed by atoms with E-state index in [9.17, 15) is 0 Å². The van der Waals surface area contributed by atoms with Crippen molar-refractivity contribution in [1.29, 1.82) is 0 Å². The number of amidine groups is 1. The van der Waals surface area contributed by atoms with E-state index in [1.165, 1.54) is 19.3 Å². The molecular formula is C14H20ClN3O. The summed E-state index contributed by atoms with van der Waals surface area (Å²) < 4.78 is 0. The summed E-state index contributed by atoms with van der Waals surface area (Å²) in [7, 11) is 0. The van der Waals surface area contributed by atoms with E-state index in [1.54, 1.807) is 0 Å². The Morgan fingerprint density at radius 1 is 1.53 bits per heavy atom. The predicted molar refractivity (Wildman–Crippen MR) is 79.2 cm³/mol. The van der Waals surface area contributed by atoms with Gasteiger partial charge in [-0.3, -0.25) is 0 Å². The van der Waals surface area contributed by atoms with E-state index in [1.807, 2.05) is 18.2 Å². The van der Waals surface area contributed by atoms with E-state index in [2.05, 4.69) is 17.0 Å². The Morgan fingerprint density at radius 2 is 2.32 bits per heavy atom. The van der Waals surface area contributed by atoms with Crippen LogP contribution in [0.2, 0.25) is 5.02 Å². The molecule has 1 fully saturated rings. The van der Waals surface area contributed by atoms with Crippen molar-refractivity contribution in [1.82, 2.24) is 0 Å². The van der Waals surface area contributed by atoms with Gasteiger partial charge in [-0.15, -0.1) is 0 Å². The lowest BCUT2D eigenvalue weighted by atomic mass is 9.99. The van der Waals surface area contributed by atoms with Crippen LogP contribution in [0.4, 0.5) is 5.69 Å². The predicted octanol–water partition coefficient (Wildman–Crippen LogP) is 3.20. The first-order valence-electron chi connectivity index (χ1n) is 6.71. The minimum absolute atomic E-state index is 0.0437. The van der Waals surface area contributed by atoms with Crippen LogP contribution in [0.5, 0.6) is 0 Å². The Labute approximate surface area is 118 Å². The SMILES string of the molecule is CCC1CCCCN1c1ccc(C(N)=NO)c(Cl)c1. The summed E-state index contributed by atoms with van der Waals surface area (Å²) in [5, 5.41) is 12.2. The van der Waals surface area contributed by atoms with Crippen molar-refractivity contribution < 1.29 is 5.21 Å². The molecule has 104 valence electrons. The zero-order valence-electron chi connectivity index (χ0n) is 11.1. The molecule has 0 spiro atoms. The molecule has 1 saturated heterocycles. The largest absolute Gasteiger partial charge is 0.409 e. The monoisotopic (exact) mass is 281 g/mol. The lowest BCUT2D eigenvalue weighted by molar-refractivity contribution is 0.318. The minimum atomic E-state index is 0.0437. The van der Waals surface area contributed by atoms with Crippen molar-refractivity contribution in [3.05, 3.63) is 28.8 Å². The molecule has 5 heteroatoms. The van der Waals surface area contributed by atoms with Crippen molar-refractivity contribution in [2.45, 2.75) is 38.6 Å².